The summed E-state index contributed by atoms with van der Waals surface area (Å²) in [5, 5.41) is 3.38. The van der Waals surface area contributed by atoms with Crippen LogP contribution in [0.4, 0.5) is 4.39 Å². The van der Waals surface area contributed by atoms with Crippen LogP contribution in [0.2, 0.25) is 5.02 Å². The average molecular weight is 308 g/mol. The molecule has 0 aliphatic rings. The lowest BCUT2D eigenvalue weighted by atomic mass is 10.1. The molecule has 21 heavy (non-hydrogen) atoms. The number of hydrogen-bond donors (Lipinski definition) is 1. The molecule has 2 aromatic carbocycles. The first-order valence-electron chi connectivity index (χ1n) is 6.97. The summed E-state index contributed by atoms with van der Waals surface area (Å²) in [5.74, 6) is -0.355. The molecule has 0 spiro atoms. The maximum absolute atomic E-state index is 14.0. The minimum Gasteiger partial charge on any atom is -0.481 e. The Balaban J connectivity index is 2.21. The summed E-state index contributed by atoms with van der Waals surface area (Å²) in [6, 6.07) is 14.9. The Morgan fingerprint density at radius 3 is 2.48 bits per heavy atom. The monoisotopic (exact) mass is 307 g/mol. The molecule has 1 N–H and O–H groups in total. The van der Waals surface area contributed by atoms with Crippen LogP contribution >= 0.6 is 11.6 Å². The maximum atomic E-state index is 14.0. The quantitative estimate of drug-likeness (QED) is 0.842. The number of halogens is 2. The standard InChI is InChI=1S/C17H19ClFNO/c1-12(2)20-11-16(13-7-4-3-5-8-13)21-15-10-6-9-14(18)17(15)19/h3-10,12,16,20H,11H2,1-2H3. The van der Waals surface area contributed by atoms with Gasteiger partial charge in [0.2, 0.25) is 0 Å². The van der Waals surface area contributed by atoms with Crippen molar-refractivity contribution in [3.8, 4) is 5.75 Å². The summed E-state index contributed by atoms with van der Waals surface area (Å²) in [7, 11) is 0. The Hall–Kier alpha value is -1.58. The maximum Gasteiger partial charge on any atom is 0.183 e. The molecule has 1 atom stereocenters. The molecule has 1 unspecified atom stereocenters. The number of benzene rings is 2. The van der Waals surface area contributed by atoms with Crippen molar-refractivity contribution in [2.24, 2.45) is 0 Å². The van der Waals surface area contributed by atoms with Crippen molar-refractivity contribution in [3.63, 3.8) is 0 Å². The van der Waals surface area contributed by atoms with Crippen LogP contribution in [0.25, 0.3) is 0 Å². The van der Waals surface area contributed by atoms with Crippen LogP contribution in [0.5, 0.6) is 5.75 Å². The van der Waals surface area contributed by atoms with Gasteiger partial charge in [-0.3, -0.25) is 0 Å². The van der Waals surface area contributed by atoms with Gasteiger partial charge in [-0.15, -0.1) is 0 Å². The number of ether oxygens (including phenoxy) is 1. The molecule has 0 saturated carbocycles. The molecule has 2 aromatic rings. The third-order valence-electron chi connectivity index (χ3n) is 3.07. The summed E-state index contributed by atoms with van der Waals surface area (Å²) in [5.41, 5.74) is 0.991. The van der Waals surface area contributed by atoms with Gasteiger partial charge in [-0.05, 0) is 17.7 Å². The first kappa shape index (κ1) is 15.8. The van der Waals surface area contributed by atoms with E-state index in [4.69, 9.17) is 16.3 Å². The molecule has 0 aromatic heterocycles. The second-order valence-corrected chi connectivity index (χ2v) is 5.54. The van der Waals surface area contributed by atoms with E-state index in [0.717, 1.165) is 5.56 Å². The zero-order valence-electron chi connectivity index (χ0n) is 12.1. The fraction of sp³-hybridized carbons (Fsp3) is 0.294. The molecule has 0 aliphatic carbocycles. The van der Waals surface area contributed by atoms with Crippen LogP contribution in [0.3, 0.4) is 0 Å². The summed E-state index contributed by atoms with van der Waals surface area (Å²) in [6.07, 6.45) is -0.276. The molecule has 0 heterocycles. The van der Waals surface area contributed by atoms with Gasteiger partial charge in [0, 0.05) is 12.6 Å². The zero-order valence-corrected chi connectivity index (χ0v) is 12.9. The second-order valence-electron chi connectivity index (χ2n) is 5.13. The molecule has 2 rings (SSSR count). The van der Waals surface area contributed by atoms with Gasteiger partial charge in [0.25, 0.3) is 0 Å². The molecular formula is C17H19ClFNO. The van der Waals surface area contributed by atoms with Crippen LogP contribution in [0.15, 0.2) is 48.5 Å². The summed E-state index contributed by atoms with van der Waals surface area (Å²) < 4.78 is 19.8. The van der Waals surface area contributed by atoms with E-state index >= 15 is 0 Å². The molecule has 112 valence electrons. The lowest BCUT2D eigenvalue weighted by Crippen LogP contribution is -2.30. The highest BCUT2D eigenvalue weighted by Gasteiger charge is 2.17. The highest BCUT2D eigenvalue weighted by atomic mass is 35.5. The topological polar surface area (TPSA) is 21.3 Å². The van der Waals surface area contributed by atoms with Crippen LogP contribution in [0.1, 0.15) is 25.5 Å². The van der Waals surface area contributed by atoms with Crippen molar-refractivity contribution in [3.05, 3.63) is 64.9 Å². The van der Waals surface area contributed by atoms with E-state index in [2.05, 4.69) is 19.2 Å². The zero-order chi connectivity index (χ0) is 15.2. The second kappa shape index (κ2) is 7.43. The van der Waals surface area contributed by atoms with Crippen molar-refractivity contribution in [1.29, 1.82) is 0 Å². The minimum absolute atomic E-state index is 0.0659. The van der Waals surface area contributed by atoms with E-state index in [-0.39, 0.29) is 16.9 Å². The van der Waals surface area contributed by atoms with Crippen molar-refractivity contribution in [2.75, 3.05) is 6.54 Å². The van der Waals surface area contributed by atoms with Crippen LogP contribution in [-0.4, -0.2) is 12.6 Å². The fourth-order valence-corrected chi connectivity index (χ4v) is 2.13. The van der Waals surface area contributed by atoms with E-state index in [1.165, 1.54) is 6.07 Å². The minimum atomic E-state index is -0.523. The predicted octanol–water partition coefficient (Wildman–Crippen LogP) is 4.60. The number of nitrogens with one attached hydrogen (secondary N) is 1. The van der Waals surface area contributed by atoms with Gasteiger partial charge in [0.15, 0.2) is 11.6 Å². The summed E-state index contributed by atoms with van der Waals surface area (Å²) in [6.45, 7) is 4.71. The molecular weight excluding hydrogens is 289 g/mol. The number of hydrogen-bond acceptors (Lipinski definition) is 2. The molecule has 0 amide bonds. The van der Waals surface area contributed by atoms with Crippen molar-refractivity contribution >= 4 is 11.6 Å². The van der Waals surface area contributed by atoms with Crippen molar-refractivity contribution < 1.29 is 9.13 Å². The first-order valence-corrected chi connectivity index (χ1v) is 7.34. The number of rotatable bonds is 6. The smallest absolute Gasteiger partial charge is 0.183 e. The SMILES string of the molecule is CC(C)NCC(Oc1cccc(Cl)c1F)c1ccccc1. The summed E-state index contributed by atoms with van der Waals surface area (Å²) >= 11 is 5.80. The Morgan fingerprint density at radius 1 is 1.10 bits per heavy atom. The normalized spacial score (nSPS) is 12.4. The van der Waals surface area contributed by atoms with Crippen molar-refractivity contribution in [1.82, 2.24) is 5.32 Å². The summed E-state index contributed by atoms with van der Waals surface area (Å²) in [4.78, 5) is 0. The predicted molar refractivity (Wildman–Crippen MR) is 84.4 cm³/mol. The van der Waals surface area contributed by atoms with E-state index < -0.39 is 5.82 Å². The van der Waals surface area contributed by atoms with Crippen LogP contribution < -0.4 is 10.1 Å². The van der Waals surface area contributed by atoms with Gasteiger partial charge in [-0.2, -0.15) is 0 Å². The molecule has 0 saturated heterocycles. The first-order chi connectivity index (χ1) is 10.1. The molecule has 0 aliphatic heterocycles. The van der Waals surface area contributed by atoms with Crippen molar-refractivity contribution in [2.45, 2.75) is 26.0 Å². The third-order valence-corrected chi connectivity index (χ3v) is 3.36. The average Bonchev–Trinajstić information content (AvgIpc) is 2.48. The van der Waals surface area contributed by atoms with Gasteiger partial charge in [-0.1, -0.05) is 61.8 Å². The van der Waals surface area contributed by atoms with Gasteiger partial charge in [0.05, 0.1) is 5.02 Å². The van der Waals surface area contributed by atoms with Gasteiger partial charge in [0.1, 0.15) is 6.10 Å². The Bertz CT molecular complexity index is 574. The molecule has 0 bridgehead atoms. The van der Waals surface area contributed by atoms with E-state index in [1.807, 2.05) is 30.3 Å². The van der Waals surface area contributed by atoms with Crippen LogP contribution in [-0.2, 0) is 0 Å². The van der Waals surface area contributed by atoms with E-state index in [1.54, 1.807) is 12.1 Å². The highest BCUT2D eigenvalue weighted by Crippen LogP contribution is 2.28. The van der Waals surface area contributed by atoms with Gasteiger partial charge >= 0.3 is 0 Å². The highest BCUT2D eigenvalue weighted by molar-refractivity contribution is 6.30. The van der Waals surface area contributed by atoms with E-state index in [0.29, 0.717) is 12.6 Å². The Labute approximate surface area is 129 Å². The van der Waals surface area contributed by atoms with Crippen LogP contribution in [0, 0.1) is 5.82 Å². The Morgan fingerprint density at radius 2 is 1.81 bits per heavy atom. The molecule has 0 fully saturated rings. The molecule has 2 nitrogen and oxygen atoms in total. The lowest BCUT2D eigenvalue weighted by Gasteiger charge is -2.22. The fourth-order valence-electron chi connectivity index (χ4n) is 1.97. The van der Waals surface area contributed by atoms with Gasteiger partial charge < -0.3 is 10.1 Å². The molecule has 4 heteroatoms. The van der Waals surface area contributed by atoms with Gasteiger partial charge in [-0.25, -0.2) is 4.39 Å². The molecule has 0 radical (unpaired) electrons. The van der Waals surface area contributed by atoms with E-state index in [9.17, 15) is 4.39 Å². The lowest BCUT2D eigenvalue weighted by molar-refractivity contribution is 0.189. The largest absolute Gasteiger partial charge is 0.481 e. The Kier molecular flexibility index (Phi) is 5.59. The third kappa shape index (κ3) is 4.45.